The summed E-state index contributed by atoms with van der Waals surface area (Å²) in [6.45, 7) is 9.25. The normalized spacial score (nSPS) is 29.9. The predicted molar refractivity (Wildman–Crippen MR) is 71.3 cm³/mol. The molecule has 0 bridgehead atoms. The molecule has 1 aliphatic heterocycles. The van der Waals surface area contributed by atoms with Gasteiger partial charge < -0.3 is 10.0 Å². The maximum absolute atomic E-state index is 10.9. The molecule has 0 aromatic heterocycles. The van der Waals surface area contributed by atoms with Crippen LogP contribution in [-0.4, -0.2) is 29.6 Å². The first-order valence-electron chi connectivity index (χ1n) is 6.34. The summed E-state index contributed by atoms with van der Waals surface area (Å²) in [7, 11) is 2.08. The van der Waals surface area contributed by atoms with Gasteiger partial charge in [0.2, 0.25) is 0 Å². The zero-order valence-electron chi connectivity index (χ0n) is 11.5. The molecule has 1 saturated heterocycles. The van der Waals surface area contributed by atoms with Crippen LogP contribution in [0.15, 0.2) is 12.1 Å². The third-order valence-corrected chi connectivity index (χ3v) is 4.24. The molecular formula is C15H23NO. The van der Waals surface area contributed by atoms with Gasteiger partial charge in [0.15, 0.2) is 0 Å². The van der Waals surface area contributed by atoms with Crippen LogP contribution in [0.4, 0.5) is 0 Å². The van der Waals surface area contributed by atoms with Crippen molar-refractivity contribution in [1.82, 2.24) is 4.90 Å². The van der Waals surface area contributed by atoms with E-state index < -0.39 is 5.60 Å². The van der Waals surface area contributed by atoms with Crippen LogP contribution in [0.2, 0.25) is 0 Å². The highest BCUT2D eigenvalue weighted by Gasteiger charge is 2.41. The Hall–Kier alpha value is -0.860. The molecule has 1 heterocycles. The Morgan fingerprint density at radius 2 is 1.76 bits per heavy atom. The van der Waals surface area contributed by atoms with Crippen molar-refractivity contribution in [1.29, 1.82) is 0 Å². The maximum Gasteiger partial charge on any atom is 0.104 e. The van der Waals surface area contributed by atoms with Gasteiger partial charge in [0, 0.05) is 12.6 Å². The Balaban J connectivity index is 2.44. The fraction of sp³-hybridized carbons (Fsp3) is 0.600. The Morgan fingerprint density at radius 3 is 2.29 bits per heavy atom. The Kier molecular flexibility index (Phi) is 3.04. The summed E-state index contributed by atoms with van der Waals surface area (Å²) < 4.78 is 0. The molecule has 2 heteroatoms. The van der Waals surface area contributed by atoms with Crippen LogP contribution in [0.5, 0.6) is 0 Å². The highest BCUT2D eigenvalue weighted by atomic mass is 16.3. The second-order valence-corrected chi connectivity index (χ2v) is 5.75. The third kappa shape index (κ3) is 2.12. The molecule has 0 radical (unpaired) electrons. The first kappa shape index (κ1) is 12.6. The lowest BCUT2D eigenvalue weighted by Crippen LogP contribution is -2.30. The van der Waals surface area contributed by atoms with E-state index in [1.807, 2.05) is 0 Å². The lowest BCUT2D eigenvalue weighted by molar-refractivity contribution is 0.0479. The number of likely N-dealkylation sites (N-methyl/N-ethyl adjacent to an activating group) is 1. The van der Waals surface area contributed by atoms with E-state index in [-0.39, 0.29) is 0 Å². The molecule has 2 atom stereocenters. The van der Waals surface area contributed by atoms with Crippen molar-refractivity contribution in [3.05, 3.63) is 34.4 Å². The van der Waals surface area contributed by atoms with Gasteiger partial charge in [-0.25, -0.2) is 0 Å². The minimum absolute atomic E-state index is 0.445. The summed E-state index contributed by atoms with van der Waals surface area (Å²) in [5, 5.41) is 10.9. The van der Waals surface area contributed by atoms with Crippen molar-refractivity contribution < 1.29 is 5.11 Å². The summed E-state index contributed by atoms with van der Waals surface area (Å²) in [6, 6.07) is 4.79. The van der Waals surface area contributed by atoms with E-state index in [1.165, 1.54) is 16.7 Å². The summed E-state index contributed by atoms with van der Waals surface area (Å²) in [5.41, 5.74) is 4.21. The lowest BCUT2D eigenvalue weighted by atomic mass is 9.86. The van der Waals surface area contributed by atoms with E-state index >= 15 is 0 Å². The number of β-amino-alcohol motifs (C(OH)–C–C–N with tert-alkyl or cyclic N) is 1. The monoisotopic (exact) mass is 233 g/mol. The number of nitrogens with zero attached hydrogens (tertiary/aromatic N) is 1. The zero-order chi connectivity index (χ0) is 12.8. The fourth-order valence-electron chi connectivity index (χ4n) is 2.93. The Bertz CT molecular complexity index is 429. The highest BCUT2D eigenvalue weighted by Crippen LogP contribution is 2.37. The number of benzene rings is 1. The van der Waals surface area contributed by atoms with Gasteiger partial charge in [-0.05, 0) is 63.4 Å². The quantitative estimate of drug-likeness (QED) is 0.805. The SMILES string of the molecule is Cc1cc(C)c(C2(O)CC(C)N(C)C2)cc1C. The lowest BCUT2D eigenvalue weighted by Gasteiger charge is -2.26. The highest BCUT2D eigenvalue weighted by molar-refractivity contribution is 5.40. The molecule has 1 aromatic rings. The molecule has 2 nitrogen and oxygen atoms in total. The summed E-state index contributed by atoms with van der Waals surface area (Å²) in [4.78, 5) is 2.23. The first-order chi connectivity index (χ1) is 7.83. The summed E-state index contributed by atoms with van der Waals surface area (Å²) in [5.74, 6) is 0. The average Bonchev–Trinajstić information content (AvgIpc) is 2.48. The topological polar surface area (TPSA) is 23.5 Å². The molecule has 0 aliphatic carbocycles. The second-order valence-electron chi connectivity index (χ2n) is 5.75. The Labute approximate surface area is 104 Å². The minimum Gasteiger partial charge on any atom is -0.384 e. The number of aryl methyl sites for hydroxylation is 3. The van der Waals surface area contributed by atoms with Crippen LogP contribution < -0.4 is 0 Å². The van der Waals surface area contributed by atoms with Crippen molar-refractivity contribution in [2.24, 2.45) is 0 Å². The van der Waals surface area contributed by atoms with Gasteiger partial charge in [0.1, 0.15) is 5.60 Å². The minimum atomic E-state index is -0.670. The van der Waals surface area contributed by atoms with E-state index in [0.717, 1.165) is 18.5 Å². The van der Waals surface area contributed by atoms with Crippen molar-refractivity contribution in [3.63, 3.8) is 0 Å². The standard InChI is InChI=1S/C15H23NO/c1-10-6-12(3)14(7-11(10)2)15(17)8-13(4)16(5)9-15/h6-7,13,17H,8-9H2,1-5H3. The van der Waals surface area contributed by atoms with Gasteiger partial charge in [0.25, 0.3) is 0 Å². The molecule has 2 unspecified atom stereocenters. The van der Waals surface area contributed by atoms with Crippen LogP contribution in [0.3, 0.4) is 0 Å². The van der Waals surface area contributed by atoms with Gasteiger partial charge >= 0.3 is 0 Å². The maximum atomic E-state index is 10.9. The molecule has 0 spiro atoms. The number of rotatable bonds is 1. The molecular weight excluding hydrogens is 210 g/mol. The number of hydrogen-bond acceptors (Lipinski definition) is 2. The molecule has 1 aliphatic rings. The molecule has 1 fully saturated rings. The number of aliphatic hydroxyl groups is 1. The van der Waals surface area contributed by atoms with Crippen molar-refractivity contribution in [2.45, 2.75) is 45.8 Å². The van der Waals surface area contributed by atoms with Crippen molar-refractivity contribution >= 4 is 0 Å². The summed E-state index contributed by atoms with van der Waals surface area (Å²) >= 11 is 0. The Morgan fingerprint density at radius 1 is 1.18 bits per heavy atom. The molecule has 0 saturated carbocycles. The van der Waals surface area contributed by atoms with Gasteiger partial charge in [-0.2, -0.15) is 0 Å². The molecule has 94 valence electrons. The van der Waals surface area contributed by atoms with Gasteiger partial charge in [0.05, 0.1) is 0 Å². The molecule has 0 amide bonds. The van der Waals surface area contributed by atoms with Gasteiger partial charge in [-0.15, -0.1) is 0 Å². The van der Waals surface area contributed by atoms with E-state index in [4.69, 9.17) is 0 Å². The van der Waals surface area contributed by atoms with Crippen molar-refractivity contribution in [2.75, 3.05) is 13.6 Å². The van der Waals surface area contributed by atoms with Crippen LogP contribution in [-0.2, 0) is 5.60 Å². The second kappa shape index (κ2) is 4.11. The predicted octanol–water partition coefficient (Wildman–Crippen LogP) is 2.52. The van der Waals surface area contributed by atoms with Crippen LogP contribution >= 0.6 is 0 Å². The molecule has 1 aromatic carbocycles. The molecule has 17 heavy (non-hydrogen) atoms. The van der Waals surface area contributed by atoms with Crippen LogP contribution in [0, 0.1) is 20.8 Å². The zero-order valence-corrected chi connectivity index (χ0v) is 11.5. The van der Waals surface area contributed by atoms with Gasteiger partial charge in [-0.3, -0.25) is 0 Å². The van der Waals surface area contributed by atoms with E-state index in [2.05, 4.69) is 51.8 Å². The fourth-order valence-corrected chi connectivity index (χ4v) is 2.93. The first-order valence-corrected chi connectivity index (χ1v) is 6.34. The van der Waals surface area contributed by atoms with Crippen molar-refractivity contribution in [3.8, 4) is 0 Å². The average molecular weight is 233 g/mol. The number of likely N-dealkylation sites (tertiary alicyclic amines) is 1. The summed E-state index contributed by atoms with van der Waals surface area (Å²) in [6.07, 6.45) is 0.826. The molecule has 2 rings (SSSR count). The largest absolute Gasteiger partial charge is 0.384 e. The van der Waals surface area contributed by atoms with Gasteiger partial charge in [-0.1, -0.05) is 12.1 Å². The smallest absolute Gasteiger partial charge is 0.104 e. The van der Waals surface area contributed by atoms with E-state index in [0.29, 0.717) is 6.04 Å². The molecule has 1 N–H and O–H groups in total. The van der Waals surface area contributed by atoms with E-state index in [1.54, 1.807) is 0 Å². The third-order valence-electron chi connectivity index (χ3n) is 4.24. The van der Waals surface area contributed by atoms with Crippen LogP contribution in [0.1, 0.15) is 35.6 Å². The number of hydrogen-bond donors (Lipinski definition) is 1. The van der Waals surface area contributed by atoms with Crippen LogP contribution in [0.25, 0.3) is 0 Å². The van der Waals surface area contributed by atoms with E-state index in [9.17, 15) is 5.11 Å².